The number of hydrogen-bond acceptors (Lipinski definition) is 2. The quantitative estimate of drug-likeness (QED) is 0.668. The Balaban J connectivity index is 1.87. The fraction of sp³-hybridized carbons (Fsp3) is 1.00. The summed E-state index contributed by atoms with van der Waals surface area (Å²) in [6.45, 7) is 7.06. The predicted molar refractivity (Wildman–Crippen MR) is 71.7 cm³/mol. The molecule has 15 heavy (non-hydrogen) atoms. The highest BCUT2D eigenvalue weighted by atomic mass is 32.2. The molecule has 0 radical (unpaired) electrons. The molecule has 1 aliphatic carbocycles. The largest absolute Gasteiger partial charge is 0.316 e. The molecule has 1 unspecified atom stereocenters. The van der Waals surface area contributed by atoms with E-state index in [1.807, 2.05) is 0 Å². The second-order valence-corrected chi connectivity index (χ2v) is 6.34. The monoisotopic (exact) mass is 229 g/mol. The van der Waals surface area contributed by atoms with Crippen molar-refractivity contribution < 1.29 is 0 Å². The molecule has 0 saturated heterocycles. The molecule has 0 heterocycles. The van der Waals surface area contributed by atoms with Gasteiger partial charge in [0.2, 0.25) is 0 Å². The molecule has 1 fully saturated rings. The molecule has 0 aromatic heterocycles. The van der Waals surface area contributed by atoms with Crippen LogP contribution < -0.4 is 5.32 Å². The van der Waals surface area contributed by atoms with E-state index in [1.54, 1.807) is 0 Å². The number of hydrogen-bond donors (Lipinski definition) is 1. The molecular formula is C13H27NS. The summed E-state index contributed by atoms with van der Waals surface area (Å²) in [4.78, 5) is 0. The maximum atomic E-state index is 3.61. The van der Waals surface area contributed by atoms with E-state index in [4.69, 9.17) is 0 Å². The highest BCUT2D eigenvalue weighted by molar-refractivity contribution is 7.99. The Hall–Kier alpha value is 0.310. The Labute approximate surface area is 99.8 Å². The van der Waals surface area contributed by atoms with Crippen molar-refractivity contribution >= 4 is 11.8 Å². The third-order valence-electron chi connectivity index (χ3n) is 3.41. The molecule has 0 aliphatic heterocycles. The topological polar surface area (TPSA) is 12.0 Å². The van der Waals surface area contributed by atoms with Gasteiger partial charge in [0.1, 0.15) is 0 Å². The molecule has 2 heteroatoms. The van der Waals surface area contributed by atoms with Crippen LogP contribution >= 0.6 is 11.8 Å². The van der Waals surface area contributed by atoms with Crippen molar-refractivity contribution in [2.75, 3.05) is 18.8 Å². The van der Waals surface area contributed by atoms with E-state index in [2.05, 4.69) is 30.9 Å². The van der Waals surface area contributed by atoms with Gasteiger partial charge in [-0.3, -0.25) is 0 Å². The van der Waals surface area contributed by atoms with E-state index in [0.29, 0.717) is 0 Å². The first kappa shape index (κ1) is 13.4. The average Bonchev–Trinajstić information content (AvgIpc) is 2.29. The van der Waals surface area contributed by atoms with Gasteiger partial charge in [0.05, 0.1) is 0 Å². The van der Waals surface area contributed by atoms with Gasteiger partial charge in [0.15, 0.2) is 0 Å². The van der Waals surface area contributed by atoms with E-state index >= 15 is 0 Å². The first-order valence-electron chi connectivity index (χ1n) is 6.65. The Morgan fingerprint density at radius 1 is 1.27 bits per heavy atom. The highest BCUT2D eigenvalue weighted by Gasteiger charge is 2.12. The zero-order valence-corrected chi connectivity index (χ0v) is 11.2. The molecule has 0 amide bonds. The van der Waals surface area contributed by atoms with Gasteiger partial charge in [-0.1, -0.05) is 33.1 Å². The van der Waals surface area contributed by atoms with Crippen molar-refractivity contribution in [2.24, 2.45) is 5.92 Å². The second-order valence-electron chi connectivity index (χ2n) is 4.80. The van der Waals surface area contributed by atoms with Crippen molar-refractivity contribution in [1.29, 1.82) is 0 Å². The molecular weight excluding hydrogens is 202 g/mol. The van der Waals surface area contributed by atoms with E-state index < -0.39 is 0 Å². The summed E-state index contributed by atoms with van der Waals surface area (Å²) in [6, 6.07) is 0. The molecule has 1 rings (SSSR count). The van der Waals surface area contributed by atoms with Gasteiger partial charge < -0.3 is 5.32 Å². The minimum absolute atomic E-state index is 0.835. The number of thioether (sulfide) groups is 1. The van der Waals surface area contributed by atoms with Crippen molar-refractivity contribution in [1.82, 2.24) is 5.32 Å². The van der Waals surface area contributed by atoms with Crippen molar-refractivity contribution in [3.05, 3.63) is 0 Å². The fourth-order valence-electron chi connectivity index (χ4n) is 2.15. The SMILES string of the molecule is CCC(C)SCCNCC1CCCCC1. The number of nitrogens with one attached hydrogen (secondary N) is 1. The lowest BCUT2D eigenvalue weighted by Gasteiger charge is -2.21. The van der Waals surface area contributed by atoms with Gasteiger partial charge in [-0.25, -0.2) is 0 Å². The maximum absolute atomic E-state index is 3.61. The molecule has 1 atom stereocenters. The van der Waals surface area contributed by atoms with E-state index in [1.165, 1.54) is 57.4 Å². The Bertz CT molecular complexity index is 143. The molecule has 1 aliphatic rings. The Morgan fingerprint density at radius 2 is 2.00 bits per heavy atom. The van der Waals surface area contributed by atoms with Crippen LogP contribution in [0, 0.1) is 5.92 Å². The lowest BCUT2D eigenvalue weighted by Crippen LogP contribution is -2.26. The van der Waals surface area contributed by atoms with Crippen LogP contribution in [0.25, 0.3) is 0 Å². The summed E-state index contributed by atoms with van der Waals surface area (Å²) in [5.41, 5.74) is 0. The van der Waals surface area contributed by atoms with Crippen LogP contribution in [0.15, 0.2) is 0 Å². The smallest absolute Gasteiger partial charge is 0.00607 e. The van der Waals surface area contributed by atoms with Gasteiger partial charge in [0.25, 0.3) is 0 Å². The molecule has 0 aromatic rings. The van der Waals surface area contributed by atoms with Gasteiger partial charge in [-0.05, 0) is 31.7 Å². The van der Waals surface area contributed by atoms with Gasteiger partial charge in [0, 0.05) is 17.5 Å². The van der Waals surface area contributed by atoms with Crippen LogP contribution in [0.1, 0.15) is 52.4 Å². The molecule has 1 nitrogen and oxygen atoms in total. The molecule has 0 bridgehead atoms. The van der Waals surface area contributed by atoms with Crippen LogP contribution in [0.3, 0.4) is 0 Å². The van der Waals surface area contributed by atoms with Crippen LogP contribution in [-0.2, 0) is 0 Å². The van der Waals surface area contributed by atoms with Crippen molar-refractivity contribution in [3.63, 3.8) is 0 Å². The molecule has 1 N–H and O–H groups in total. The van der Waals surface area contributed by atoms with Crippen molar-refractivity contribution in [3.8, 4) is 0 Å². The third-order valence-corrected chi connectivity index (χ3v) is 4.76. The zero-order valence-electron chi connectivity index (χ0n) is 10.4. The van der Waals surface area contributed by atoms with Crippen LogP contribution in [0.5, 0.6) is 0 Å². The van der Waals surface area contributed by atoms with Gasteiger partial charge >= 0.3 is 0 Å². The van der Waals surface area contributed by atoms with E-state index in [0.717, 1.165) is 11.2 Å². The molecule has 1 saturated carbocycles. The van der Waals surface area contributed by atoms with Gasteiger partial charge in [-0.15, -0.1) is 0 Å². The second kappa shape index (κ2) is 8.46. The molecule has 90 valence electrons. The first-order valence-corrected chi connectivity index (χ1v) is 7.70. The standard InChI is InChI=1S/C13H27NS/c1-3-12(2)15-10-9-14-11-13-7-5-4-6-8-13/h12-14H,3-11H2,1-2H3. The number of rotatable bonds is 7. The summed E-state index contributed by atoms with van der Waals surface area (Å²) < 4.78 is 0. The Kier molecular flexibility index (Phi) is 7.54. The predicted octanol–water partition coefficient (Wildman–Crippen LogP) is 3.69. The van der Waals surface area contributed by atoms with Gasteiger partial charge in [-0.2, -0.15) is 11.8 Å². The maximum Gasteiger partial charge on any atom is 0.00607 e. The summed E-state index contributed by atoms with van der Waals surface area (Å²) in [5, 5.41) is 4.45. The van der Waals surface area contributed by atoms with Crippen LogP contribution in [-0.4, -0.2) is 24.1 Å². The highest BCUT2D eigenvalue weighted by Crippen LogP contribution is 2.22. The summed E-state index contributed by atoms with van der Waals surface area (Å²) >= 11 is 2.10. The van der Waals surface area contributed by atoms with Crippen LogP contribution in [0.2, 0.25) is 0 Å². The third kappa shape index (κ3) is 6.47. The average molecular weight is 229 g/mol. The van der Waals surface area contributed by atoms with Crippen molar-refractivity contribution in [2.45, 2.75) is 57.6 Å². The normalized spacial score (nSPS) is 20.4. The minimum Gasteiger partial charge on any atom is -0.316 e. The van der Waals surface area contributed by atoms with E-state index in [9.17, 15) is 0 Å². The van der Waals surface area contributed by atoms with Crippen LogP contribution in [0.4, 0.5) is 0 Å². The fourth-order valence-corrected chi connectivity index (χ4v) is 3.05. The minimum atomic E-state index is 0.835. The molecule has 0 aromatic carbocycles. The summed E-state index contributed by atoms with van der Waals surface area (Å²) in [6.07, 6.45) is 8.63. The Morgan fingerprint density at radius 3 is 2.67 bits per heavy atom. The summed E-state index contributed by atoms with van der Waals surface area (Å²) in [5.74, 6) is 2.26. The molecule has 0 spiro atoms. The zero-order chi connectivity index (χ0) is 10.9. The van der Waals surface area contributed by atoms with E-state index in [-0.39, 0.29) is 0 Å². The first-order chi connectivity index (χ1) is 7.33. The lowest BCUT2D eigenvalue weighted by atomic mass is 9.89. The summed E-state index contributed by atoms with van der Waals surface area (Å²) in [7, 11) is 0. The lowest BCUT2D eigenvalue weighted by molar-refractivity contribution is 0.345.